The first-order valence-electron chi connectivity index (χ1n) is 8.61. The SMILES string of the molecule is CCCC(=O)C/C(CC)=N/c1c(C(C)C)cccc1C(C)C. The highest BCUT2D eigenvalue weighted by Gasteiger charge is 2.14. The van der Waals surface area contributed by atoms with Crippen molar-refractivity contribution in [3.05, 3.63) is 29.3 Å². The second-order valence-electron chi connectivity index (χ2n) is 6.59. The van der Waals surface area contributed by atoms with E-state index in [-0.39, 0.29) is 0 Å². The average Bonchev–Trinajstić information content (AvgIpc) is 2.46. The van der Waals surface area contributed by atoms with Crippen LogP contribution in [0.25, 0.3) is 0 Å². The first-order chi connectivity index (χ1) is 10.4. The molecule has 0 unspecified atom stereocenters. The molecule has 0 saturated carbocycles. The van der Waals surface area contributed by atoms with Gasteiger partial charge >= 0.3 is 0 Å². The molecular weight excluding hydrogens is 270 g/mol. The fraction of sp³-hybridized carbons (Fsp3) is 0.600. The second-order valence-corrected chi connectivity index (χ2v) is 6.59. The zero-order chi connectivity index (χ0) is 16.7. The third-order valence-corrected chi connectivity index (χ3v) is 3.95. The number of Topliss-reactive ketones (excluding diaryl/α,β-unsaturated/α-hetero) is 1. The first kappa shape index (κ1) is 18.6. The molecule has 0 fully saturated rings. The van der Waals surface area contributed by atoms with Gasteiger partial charge < -0.3 is 0 Å². The van der Waals surface area contributed by atoms with Crippen LogP contribution in [0.4, 0.5) is 5.69 Å². The van der Waals surface area contributed by atoms with Crippen LogP contribution in [0.5, 0.6) is 0 Å². The van der Waals surface area contributed by atoms with Crippen molar-refractivity contribution < 1.29 is 4.79 Å². The van der Waals surface area contributed by atoms with E-state index < -0.39 is 0 Å². The van der Waals surface area contributed by atoms with Crippen molar-refractivity contribution in [2.45, 2.75) is 79.1 Å². The van der Waals surface area contributed by atoms with Gasteiger partial charge in [-0.2, -0.15) is 0 Å². The molecule has 122 valence electrons. The van der Waals surface area contributed by atoms with E-state index in [4.69, 9.17) is 4.99 Å². The van der Waals surface area contributed by atoms with Crippen molar-refractivity contribution in [1.29, 1.82) is 0 Å². The lowest BCUT2D eigenvalue weighted by Crippen LogP contribution is -2.07. The van der Waals surface area contributed by atoms with Crippen molar-refractivity contribution >= 4 is 17.2 Å². The largest absolute Gasteiger partial charge is 0.299 e. The lowest BCUT2D eigenvalue weighted by molar-refractivity contribution is -0.117. The molecule has 2 nitrogen and oxygen atoms in total. The standard InChI is InChI=1S/C20H31NO/c1-7-10-17(22)13-16(8-2)21-20-18(14(3)4)11-9-12-19(20)15(5)6/h9,11-12,14-15H,7-8,10,13H2,1-6H3/b21-16+. The highest BCUT2D eigenvalue weighted by atomic mass is 16.1. The van der Waals surface area contributed by atoms with Crippen LogP contribution in [-0.2, 0) is 4.79 Å². The fourth-order valence-electron chi connectivity index (χ4n) is 2.64. The summed E-state index contributed by atoms with van der Waals surface area (Å²) in [5.74, 6) is 1.17. The molecule has 0 saturated heterocycles. The van der Waals surface area contributed by atoms with E-state index >= 15 is 0 Å². The van der Waals surface area contributed by atoms with Crippen LogP contribution < -0.4 is 0 Å². The Labute approximate surface area is 136 Å². The second kappa shape index (κ2) is 8.87. The Morgan fingerprint density at radius 2 is 1.59 bits per heavy atom. The number of nitrogens with zero attached hydrogens (tertiary/aromatic N) is 1. The smallest absolute Gasteiger partial charge is 0.138 e. The summed E-state index contributed by atoms with van der Waals surface area (Å²) in [6.07, 6.45) is 2.89. The van der Waals surface area contributed by atoms with E-state index in [1.807, 2.05) is 6.92 Å². The molecule has 0 heterocycles. The highest BCUT2D eigenvalue weighted by Crippen LogP contribution is 2.35. The number of ketones is 1. The maximum absolute atomic E-state index is 12.0. The number of para-hydroxylation sites is 1. The number of carbonyl (C=O) groups is 1. The van der Waals surface area contributed by atoms with Crippen molar-refractivity contribution in [2.75, 3.05) is 0 Å². The van der Waals surface area contributed by atoms with Crippen LogP contribution in [0, 0.1) is 0 Å². The van der Waals surface area contributed by atoms with Gasteiger partial charge in [-0.15, -0.1) is 0 Å². The summed E-state index contributed by atoms with van der Waals surface area (Å²) in [7, 11) is 0. The Morgan fingerprint density at radius 3 is 2.00 bits per heavy atom. The van der Waals surface area contributed by atoms with Crippen LogP contribution in [0.3, 0.4) is 0 Å². The number of hydrogen-bond acceptors (Lipinski definition) is 2. The van der Waals surface area contributed by atoms with Crippen LogP contribution in [0.2, 0.25) is 0 Å². The first-order valence-corrected chi connectivity index (χ1v) is 8.61. The Hall–Kier alpha value is -1.44. The molecule has 0 N–H and O–H groups in total. The van der Waals surface area contributed by atoms with Gasteiger partial charge in [0.1, 0.15) is 5.78 Å². The molecule has 0 aliphatic heterocycles. The van der Waals surface area contributed by atoms with Gasteiger partial charge in [0.2, 0.25) is 0 Å². The van der Waals surface area contributed by atoms with E-state index in [1.54, 1.807) is 0 Å². The van der Waals surface area contributed by atoms with Crippen LogP contribution in [0.1, 0.15) is 90.2 Å². The van der Waals surface area contributed by atoms with Gasteiger partial charge in [-0.3, -0.25) is 9.79 Å². The molecule has 22 heavy (non-hydrogen) atoms. The van der Waals surface area contributed by atoms with Gasteiger partial charge in [0.25, 0.3) is 0 Å². The zero-order valence-corrected chi connectivity index (χ0v) is 15.1. The minimum Gasteiger partial charge on any atom is -0.299 e. The third kappa shape index (κ3) is 5.08. The number of benzene rings is 1. The number of rotatable bonds is 8. The molecule has 0 aromatic heterocycles. The minimum atomic E-state index is 0.302. The lowest BCUT2D eigenvalue weighted by atomic mass is 9.92. The monoisotopic (exact) mass is 301 g/mol. The molecule has 0 aliphatic rings. The molecule has 0 spiro atoms. The molecule has 0 aliphatic carbocycles. The number of aliphatic imine (C=N–C) groups is 1. The molecule has 0 radical (unpaired) electrons. The van der Waals surface area contributed by atoms with Crippen molar-refractivity contribution in [1.82, 2.24) is 0 Å². The lowest BCUT2D eigenvalue weighted by Gasteiger charge is -2.17. The Morgan fingerprint density at radius 1 is 1.05 bits per heavy atom. The van der Waals surface area contributed by atoms with Gasteiger partial charge in [-0.25, -0.2) is 0 Å². The highest BCUT2D eigenvalue weighted by molar-refractivity contribution is 6.03. The Bertz CT molecular complexity index is 500. The van der Waals surface area contributed by atoms with Crippen LogP contribution >= 0.6 is 0 Å². The summed E-state index contributed by atoms with van der Waals surface area (Å²) in [6.45, 7) is 12.9. The predicted octanol–water partition coefficient (Wildman–Crippen LogP) is 6.18. The van der Waals surface area contributed by atoms with E-state index in [9.17, 15) is 4.79 Å². The van der Waals surface area contributed by atoms with E-state index in [0.29, 0.717) is 30.5 Å². The van der Waals surface area contributed by atoms with Crippen molar-refractivity contribution in [3.63, 3.8) is 0 Å². The van der Waals surface area contributed by atoms with Crippen LogP contribution in [0.15, 0.2) is 23.2 Å². The summed E-state index contributed by atoms with van der Waals surface area (Å²) < 4.78 is 0. The topological polar surface area (TPSA) is 29.4 Å². The predicted molar refractivity (Wildman–Crippen MR) is 96.5 cm³/mol. The third-order valence-electron chi connectivity index (χ3n) is 3.95. The molecule has 1 rings (SSSR count). The van der Waals surface area contributed by atoms with Gasteiger partial charge in [0.15, 0.2) is 0 Å². The number of hydrogen-bond donors (Lipinski definition) is 0. The Kier molecular flexibility index (Phi) is 7.50. The summed E-state index contributed by atoms with van der Waals surface area (Å²) in [5.41, 5.74) is 4.65. The molecular formula is C20H31NO. The number of carbonyl (C=O) groups excluding carboxylic acids is 1. The van der Waals surface area contributed by atoms with Gasteiger partial charge in [-0.05, 0) is 35.8 Å². The quantitative estimate of drug-likeness (QED) is 0.527. The maximum Gasteiger partial charge on any atom is 0.138 e. The summed E-state index contributed by atoms with van der Waals surface area (Å²) in [4.78, 5) is 16.9. The van der Waals surface area contributed by atoms with Crippen molar-refractivity contribution in [2.24, 2.45) is 4.99 Å². The molecule has 0 atom stereocenters. The Balaban J connectivity index is 3.26. The maximum atomic E-state index is 12.0. The molecule has 0 bridgehead atoms. The molecule has 0 amide bonds. The summed E-state index contributed by atoms with van der Waals surface area (Å²) in [6, 6.07) is 6.45. The van der Waals surface area contributed by atoms with Gasteiger partial charge in [0, 0.05) is 18.6 Å². The van der Waals surface area contributed by atoms with E-state index in [2.05, 4.69) is 52.8 Å². The fourth-order valence-corrected chi connectivity index (χ4v) is 2.64. The van der Waals surface area contributed by atoms with E-state index in [1.165, 1.54) is 11.1 Å². The summed E-state index contributed by atoms with van der Waals surface area (Å²) in [5, 5.41) is 0. The van der Waals surface area contributed by atoms with Gasteiger partial charge in [-0.1, -0.05) is 59.7 Å². The van der Waals surface area contributed by atoms with Gasteiger partial charge in [0.05, 0.1) is 5.69 Å². The minimum absolute atomic E-state index is 0.302. The molecule has 2 heteroatoms. The van der Waals surface area contributed by atoms with Crippen LogP contribution in [-0.4, -0.2) is 11.5 Å². The molecule has 1 aromatic rings. The normalized spacial score (nSPS) is 12.3. The average molecular weight is 301 g/mol. The zero-order valence-electron chi connectivity index (χ0n) is 15.1. The van der Waals surface area contributed by atoms with E-state index in [0.717, 1.165) is 24.2 Å². The molecule has 1 aromatic carbocycles. The summed E-state index contributed by atoms with van der Waals surface area (Å²) >= 11 is 0. The van der Waals surface area contributed by atoms with Crippen molar-refractivity contribution in [3.8, 4) is 0 Å².